The molecule has 1 rings (SSSR count). The van der Waals surface area contributed by atoms with E-state index in [9.17, 15) is 0 Å². The van der Waals surface area contributed by atoms with Crippen molar-refractivity contribution in [1.29, 1.82) is 0 Å². The van der Waals surface area contributed by atoms with Crippen LogP contribution in [-0.4, -0.2) is 0 Å². The van der Waals surface area contributed by atoms with Crippen LogP contribution in [0.5, 0.6) is 0 Å². The summed E-state index contributed by atoms with van der Waals surface area (Å²) >= 11 is 0. The second-order valence-corrected chi connectivity index (χ2v) is 3.36. The number of benzene rings is 1. The summed E-state index contributed by atoms with van der Waals surface area (Å²) in [5, 5.41) is 0. The summed E-state index contributed by atoms with van der Waals surface area (Å²) in [6, 6.07) is 8.51. The van der Waals surface area contributed by atoms with Crippen molar-refractivity contribution in [3.8, 4) is 0 Å². The third kappa shape index (κ3) is 3.06. The minimum absolute atomic E-state index is 1.19. The van der Waals surface area contributed by atoms with E-state index in [1.807, 2.05) is 6.08 Å². The predicted molar refractivity (Wildman–Crippen MR) is 59.8 cm³/mol. The number of unbranched alkanes of at least 4 members (excludes halogenated alkanes) is 2. The lowest BCUT2D eigenvalue weighted by atomic mass is 10.0. The topological polar surface area (TPSA) is 0 Å². The van der Waals surface area contributed by atoms with Crippen molar-refractivity contribution >= 4 is 6.08 Å². The first kappa shape index (κ1) is 10.0. The van der Waals surface area contributed by atoms with Crippen LogP contribution in [0.15, 0.2) is 30.8 Å². The molecular formula is C13H18. The lowest BCUT2D eigenvalue weighted by Crippen LogP contribution is -1.88. The molecule has 0 unspecified atom stereocenters. The van der Waals surface area contributed by atoms with Gasteiger partial charge in [-0.1, -0.05) is 56.7 Å². The number of aryl methyl sites for hydroxylation is 1. The van der Waals surface area contributed by atoms with Crippen LogP contribution in [-0.2, 0) is 6.42 Å². The molecule has 0 spiro atoms. The molecule has 0 saturated heterocycles. The largest absolute Gasteiger partial charge is 0.0985 e. The van der Waals surface area contributed by atoms with Gasteiger partial charge < -0.3 is 0 Å². The zero-order valence-electron chi connectivity index (χ0n) is 8.42. The minimum atomic E-state index is 1.19. The van der Waals surface area contributed by atoms with E-state index in [1.54, 1.807) is 0 Å². The Kier molecular flexibility index (Phi) is 4.31. The molecule has 0 aliphatic carbocycles. The number of hydrogen-bond acceptors (Lipinski definition) is 0. The summed E-state index contributed by atoms with van der Waals surface area (Å²) in [5.74, 6) is 0. The Morgan fingerprint density at radius 1 is 1.23 bits per heavy atom. The zero-order chi connectivity index (χ0) is 9.52. The van der Waals surface area contributed by atoms with Gasteiger partial charge in [-0.05, 0) is 24.0 Å². The lowest BCUT2D eigenvalue weighted by molar-refractivity contribution is 0.717. The Morgan fingerprint density at radius 2 is 2.00 bits per heavy atom. The van der Waals surface area contributed by atoms with Gasteiger partial charge in [-0.2, -0.15) is 0 Å². The highest BCUT2D eigenvalue weighted by Gasteiger charge is 1.96. The van der Waals surface area contributed by atoms with Crippen molar-refractivity contribution in [3.63, 3.8) is 0 Å². The van der Waals surface area contributed by atoms with E-state index in [-0.39, 0.29) is 0 Å². The van der Waals surface area contributed by atoms with Gasteiger partial charge in [-0.25, -0.2) is 0 Å². The highest BCUT2D eigenvalue weighted by molar-refractivity contribution is 5.51. The molecule has 0 heteroatoms. The van der Waals surface area contributed by atoms with E-state index in [0.29, 0.717) is 0 Å². The summed E-state index contributed by atoms with van der Waals surface area (Å²) in [6.07, 6.45) is 7.04. The maximum atomic E-state index is 3.82. The summed E-state index contributed by atoms with van der Waals surface area (Å²) in [7, 11) is 0. The van der Waals surface area contributed by atoms with Crippen LogP contribution in [0.2, 0.25) is 0 Å². The molecule has 1 aromatic rings. The summed E-state index contributed by atoms with van der Waals surface area (Å²) in [5.41, 5.74) is 2.73. The van der Waals surface area contributed by atoms with E-state index in [1.165, 1.54) is 36.8 Å². The monoisotopic (exact) mass is 174 g/mol. The van der Waals surface area contributed by atoms with Crippen molar-refractivity contribution in [3.05, 3.63) is 42.0 Å². The normalized spacial score (nSPS) is 9.92. The molecule has 13 heavy (non-hydrogen) atoms. The van der Waals surface area contributed by atoms with Gasteiger partial charge in [0.05, 0.1) is 0 Å². The van der Waals surface area contributed by atoms with Crippen LogP contribution < -0.4 is 0 Å². The first-order chi connectivity index (χ1) is 6.38. The second kappa shape index (κ2) is 5.58. The van der Waals surface area contributed by atoms with Gasteiger partial charge in [0.1, 0.15) is 0 Å². The molecule has 0 bridgehead atoms. The van der Waals surface area contributed by atoms with E-state index in [2.05, 4.69) is 37.8 Å². The van der Waals surface area contributed by atoms with Gasteiger partial charge in [0.25, 0.3) is 0 Å². The van der Waals surface area contributed by atoms with Crippen LogP contribution in [0, 0.1) is 0 Å². The standard InChI is InChI=1S/C13H18/c1-3-5-6-10-13-11-8-7-9-12(13)4-2/h4,7-9,11H,2-3,5-6,10H2,1H3. The van der Waals surface area contributed by atoms with Gasteiger partial charge in [-0.3, -0.25) is 0 Å². The van der Waals surface area contributed by atoms with Gasteiger partial charge in [-0.15, -0.1) is 0 Å². The van der Waals surface area contributed by atoms with Gasteiger partial charge >= 0.3 is 0 Å². The Morgan fingerprint density at radius 3 is 2.69 bits per heavy atom. The Labute approximate surface area is 81.3 Å². The third-order valence-electron chi connectivity index (χ3n) is 2.32. The summed E-state index contributed by atoms with van der Waals surface area (Å²) in [6.45, 7) is 6.06. The zero-order valence-corrected chi connectivity index (χ0v) is 8.42. The Hall–Kier alpha value is -1.04. The Balaban J connectivity index is 2.59. The lowest BCUT2D eigenvalue weighted by Gasteiger charge is -2.04. The SMILES string of the molecule is C=Cc1ccccc1CCCCC. The molecule has 0 aliphatic rings. The molecule has 0 amide bonds. The summed E-state index contributed by atoms with van der Waals surface area (Å²) < 4.78 is 0. The van der Waals surface area contributed by atoms with Crippen molar-refractivity contribution in [1.82, 2.24) is 0 Å². The first-order valence-electron chi connectivity index (χ1n) is 5.08. The molecule has 1 aromatic carbocycles. The molecular weight excluding hydrogens is 156 g/mol. The number of hydrogen-bond donors (Lipinski definition) is 0. The van der Waals surface area contributed by atoms with Crippen LogP contribution >= 0.6 is 0 Å². The fourth-order valence-electron chi connectivity index (χ4n) is 1.53. The molecule has 0 atom stereocenters. The first-order valence-corrected chi connectivity index (χ1v) is 5.08. The molecule has 0 aliphatic heterocycles. The highest BCUT2D eigenvalue weighted by Crippen LogP contribution is 2.13. The van der Waals surface area contributed by atoms with Crippen LogP contribution in [0.1, 0.15) is 37.3 Å². The van der Waals surface area contributed by atoms with Crippen molar-refractivity contribution in [2.24, 2.45) is 0 Å². The smallest absolute Gasteiger partial charge is 0.0230 e. The van der Waals surface area contributed by atoms with Crippen molar-refractivity contribution < 1.29 is 0 Å². The van der Waals surface area contributed by atoms with E-state index in [4.69, 9.17) is 0 Å². The summed E-state index contributed by atoms with van der Waals surface area (Å²) in [4.78, 5) is 0. The van der Waals surface area contributed by atoms with Crippen LogP contribution in [0.25, 0.3) is 6.08 Å². The average molecular weight is 174 g/mol. The molecule has 0 nitrogen and oxygen atoms in total. The van der Waals surface area contributed by atoms with Gasteiger partial charge in [0.15, 0.2) is 0 Å². The van der Waals surface area contributed by atoms with E-state index >= 15 is 0 Å². The fraction of sp³-hybridized carbons (Fsp3) is 0.385. The quantitative estimate of drug-likeness (QED) is 0.590. The van der Waals surface area contributed by atoms with Crippen molar-refractivity contribution in [2.45, 2.75) is 32.6 Å². The minimum Gasteiger partial charge on any atom is -0.0985 e. The van der Waals surface area contributed by atoms with Gasteiger partial charge in [0, 0.05) is 0 Å². The van der Waals surface area contributed by atoms with Crippen molar-refractivity contribution in [2.75, 3.05) is 0 Å². The average Bonchev–Trinajstić information content (AvgIpc) is 2.19. The maximum absolute atomic E-state index is 3.82. The fourth-order valence-corrected chi connectivity index (χ4v) is 1.53. The molecule has 0 saturated carbocycles. The third-order valence-corrected chi connectivity index (χ3v) is 2.32. The highest BCUT2D eigenvalue weighted by atomic mass is 14.0. The molecule has 70 valence electrons. The molecule has 0 fully saturated rings. The second-order valence-electron chi connectivity index (χ2n) is 3.36. The molecule has 0 aromatic heterocycles. The predicted octanol–water partition coefficient (Wildman–Crippen LogP) is 4.06. The molecule has 0 N–H and O–H groups in total. The van der Waals surface area contributed by atoms with Gasteiger partial charge in [0.2, 0.25) is 0 Å². The van der Waals surface area contributed by atoms with E-state index < -0.39 is 0 Å². The molecule has 0 heterocycles. The molecule has 0 radical (unpaired) electrons. The van der Waals surface area contributed by atoms with Crippen LogP contribution in [0.3, 0.4) is 0 Å². The van der Waals surface area contributed by atoms with E-state index in [0.717, 1.165) is 0 Å². The maximum Gasteiger partial charge on any atom is -0.0230 e. The number of rotatable bonds is 5. The Bertz CT molecular complexity index is 260. The van der Waals surface area contributed by atoms with Crippen LogP contribution in [0.4, 0.5) is 0 Å².